The minimum Gasteiger partial charge on any atom is -0.460 e. The first-order valence-electron chi connectivity index (χ1n) is 8.58. The van der Waals surface area contributed by atoms with Crippen molar-refractivity contribution in [2.24, 2.45) is 0 Å². The highest BCUT2D eigenvalue weighted by Gasteiger charge is 2.20. The molecule has 1 aliphatic rings. The molecule has 1 fully saturated rings. The van der Waals surface area contributed by atoms with Crippen LogP contribution in [0.1, 0.15) is 25.3 Å². The maximum atomic E-state index is 12.1. The first kappa shape index (κ1) is 19.0. The van der Waals surface area contributed by atoms with Gasteiger partial charge in [-0.25, -0.2) is 9.59 Å². The van der Waals surface area contributed by atoms with Gasteiger partial charge in [-0.1, -0.05) is 35.9 Å². The molecule has 25 heavy (non-hydrogen) atoms. The van der Waals surface area contributed by atoms with Gasteiger partial charge in [-0.3, -0.25) is 0 Å². The molecule has 6 heteroatoms. The molecule has 136 valence electrons. The lowest BCUT2D eigenvalue weighted by atomic mass is 10.0. The molecule has 1 aromatic carbocycles. The molecule has 0 saturated carbocycles. The van der Waals surface area contributed by atoms with E-state index in [1.54, 1.807) is 4.90 Å². The van der Waals surface area contributed by atoms with Gasteiger partial charge in [0.15, 0.2) is 0 Å². The van der Waals surface area contributed by atoms with Gasteiger partial charge in [0.2, 0.25) is 0 Å². The van der Waals surface area contributed by atoms with Gasteiger partial charge < -0.3 is 19.1 Å². The van der Waals surface area contributed by atoms with Crippen LogP contribution >= 0.6 is 0 Å². The summed E-state index contributed by atoms with van der Waals surface area (Å²) in [5.41, 5.74) is 1.96. The molecule has 1 heterocycles. The molecule has 1 saturated heterocycles. The number of amides is 1. The maximum Gasteiger partial charge on any atom is 0.410 e. The number of piperidine rings is 1. The van der Waals surface area contributed by atoms with E-state index in [2.05, 4.69) is 0 Å². The third-order valence-corrected chi connectivity index (χ3v) is 3.87. The summed E-state index contributed by atoms with van der Waals surface area (Å²) in [6.07, 6.45) is 2.52. The Balaban J connectivity index is 1.68. The fraction of sp³-hybridized carbons (Fsp3) is 0.474. The Morgan fingerprint density at radius 3 is 2.48 bits per heavy atom. The van der Waals surface area contributed by atoms with Crippen LogP contribution in [0.15, 0.2) is 42.0 Å². The first-order valence-corrected chi connectivity index (χ1v) is 8.58. The molecule has 2 rings (SSSR count). The largest absolute Gasteiger partial charge is 0.460 e. The fourth-order valence-corrected chi connectivity index (χ4v) is 2.49. The predicted octanol–water partition coefficient (Wildman–Crippen LogP) is 2.93. The third kappa shape index (κ3) is 6.97. The molecule has 0 unspecified atom stereocenters. The van der Waals surface area contributed by atoms with Gasteiger partial charge >= 0.3 is 12.1 Å². The van der Waals surface area contributed by atoms with Crippen LogP contribution < -0.4 is 0 Å². The predicted molar refractivity (Wildman–Crippen MR) is 93.0 cm³/mol. The molecule has 1 aromatic rings. The van der Waals surface area contributed by atoms with Gasteiger partial charge in [0.1, 0.15) is 13.2 Å². The summed E-state index contributed by atoms with van der Waals surface area (Å²) in [4.78, 5) is 25.4. The molecule has 0 N–H and O–H groups in total. The van der Waals surface area contributed by atoms with E-state index in [0.717, 1.165) is 11.1 Å². The van der Waals surface area contributed by atoms with Crippen LogP contribution in [0.2, 0.25) is 0 Å². The minimum atomic E-state index is -0.352. The molecule has 1 amide bonds. The second-order valence-corrected chi connectivity index (χ2v) is 5.69. The smallest absolute Gasteiger partial charge is 0.410 e. The molecular weight excluding hydrogens is 322 g/mol. The van der Waals surface area contributed by atoms with E-state index in [9.17, 15) is 9.59 Å². The third-order valence-electron chi connectivity index (χ3n) is 3.87. The number of ether oxygens (including phenoxy) is 3. The first-order chi connectivity index (χ1) is 12.2. The lowest BCUT2D eigenvalue weighted by molar-refractivity contribution is -0.139. The SMILES string of the molecule is CCOCCOC(=O)C=C1CCN(C(=O)OCc2ccccc2)CC1. The van der Waals surface area contributed by atoms with Gasteiger partial charge in [0.25, 0.3) is 0 Å². The van der Waals surface area contributed by atoms with Crippen molar-refractivity contribution in [1.82, 2.24) is 4.90 Å². The van der Waals surface area contributed by atoms with Crippen LogP contribution in [0.25, 0.3) is 0 Å². The van der Waals surface area contributed by atoms with E-state index < -0.39 is 0 Å². The molecule has 0 bridgehead atoms. The minimum absolute atomic E-state index is 0.258. The highest BCUT2D eigenvalue weighted by molar-refractivity contribution is 5.82. The van der Waals surface area contributed by atoms with E-state index in [-0.39, 0.29) is 25.3 Å². The van der Waals surface area contributed by atoms with Crippen LogP contribution in [-0.4, -0.2) is 49.9 Å². The summed E-state index contributed by atoms with van der Waals surface area (Å²) in [7, 11) is 0. The highest BCUT2D eigenvalue weighted by atomic mass is 16.6. The molecule has 0 aromatic heterocycles. The van der Waals surface area contributed by atoms with E-state index in [4.69, 9.17) is 14.2 Å². The molecule has 0 aliphatic carbocycles. The number of hydrogen-bond acceptors (Lipinski definition) is 5. The lowest BCUT2D eigenvalue weighted by Gasteiger charge is -2.27. The van der Waals surface area contributed by atoms with E-state index in [0.29, 0.717) is 39.1 Å². The van der Waals surface area contributed by atoms with Crippen molar-refractivity contribution in [2.75, 3.05) is 32.9 Å². The zero-order valence-corrected chi connectivity index (χ0v) is 14.6. The zero-order valence-electron chi connectivity index (χ0n) is 14.6. The Hall–Kier alpha value is -2.34. The molecule has 6 nitrogen and oxygen atoms in total. The van der Waals surface area contributed by atoms with Crippen molar-refractivity contribution in [3.63, 3.8) is 0 Å². The summed E-state index contributed by atoms with van der Waals surface area (Å²) >= 11 is 0. The maximum absolute atomic E-state index is 12.1. The van der Waals surface area contributed by atoms with Crippen molar-refractivity contribution in [3.8, 4) is 0 Å². The average molecular weight is 347 g/mol. The number of likely N-dealkylation sites (tertiary alicyclic amines) is 1. The summed E-state index contributed by atoms with van der Waals surface area (Å²) in [6, 6.07) is 9.58. The molecule has 1 aliphatic heterocycles. The van der Waals surface area contributed by atoms with E-state index in [1.807, 2.05) is 37.3 Å². The van der Waals surface area contributed by atoms with Crippen LogP contribution in [0.4, 0.5) is 4.79 Å². The van der Waals surface area contributed by atoms with E-state index >= 15 is 0 Å². The van der Waals surface area contributed by atoms with Gasteiger partial charge in [0.05, 0.1) is 6.61 Å². The van der Waals surface area contributed by atoms with Crippen molar-refractivity contribution in [3.05, 3.63) is 47.5 Å². The average Bonchev–Trinajstić information content (AvgIpc) is 2.65. The van der Waals surface area contributed by atoms with Gasteiger partial charge in [0, 0.05) is 25.8 Å². The van der Waals surface area contributed by atoms with Crippen LogP contribution in [-0.2, 0) is 25.6 Å². The summed E-state index contributed by atoms with van der Waals surface area (Å²) < 4.78 is 15.5. The topological polar surface area (TPSA) is 65.1 Å². The van der Waals surface area contributed by atoms with Crippen LogP contribution in [0.5, 0.6) is 0 Å². The molecule has 0 atom stereocenters. The Kier molecular flexibility index (Phi) is 7.98. The van der Waals surface area contributed by atoms with E-state index in [1.165, 1.54) is 6.08 Å². The summed E-state index contributed by atoms with van der Waals surface area (Å²) in [5, 5.41) is 0. The van der Waals surface area contributed by atoms with Gasteiger partial charge in [-0.05, 0) is 25.3 Å². The number of rotatable bonds is 7. The molecular formula is C19H25NO5. The Morgan fingerprint density at radius 2 is 1.80 bits per heavy atom. The number of carbonyl (C=O) groups is 2. The number of hydrogen-bond donors (Lipinski definition) is 0. The highest BCUT2D eigenvalue weighted by Crippen LogP contribution is 2.17. The van der Waals surface area contributed by atoms with Crippen molar-refractivity contribution in [2.45, 2.75) is 26.4 Å². The number of carbonyl (C=O) groups excluding carboxylic acids is 2. The normalized spacial score (nSPS) is 14.1. The van der Waals surface area contributed by atoms with Crippen molar-refractivity contribution >= 4 is 12.1 Å². The second-order valence-electron chi connectivity index (χ2n) is 5.69. The number of nitrogens with zero attached hydrogens (tertiary/aromatic N) is 1. The Labute approximate surface area is 148 Å². The number of esters is 1. The lowest BCUT2D eigenvalue weighted by Crippen LogP contribution is -2.36. The van der Waals surface area contributed by atoms with Gasteiger partial charge in [-0.15, -0.1) is 0 Å². The Morgan fingerprint density at radius 1 is 1.08 bits per heavy atom. The summed E-state index contributed by atoms with van der Waals surface area (Å²) in [5.74, 6) is -0.352. The van der Waals surface area contributed by atoms with Crippen LogP contribution in [0, 0.1) is 0 Å². The van der Waals surface area contributed by atoms with Gasteiger partial charge in [-0.2, -0.15) is 0 Å². The standard InChI is InChI=1S/C19H25NO5/c1-2-23-12-13-24-18(21)14-16-8-10-20(11-9-16)19(22)25-15-17-6-4-3-5-7-17/h3-7,14H,2,8-13,15H2,1H3. The molecule has 0 spiro atoms. The Bertz CT molecular complexity index is 575. The molecule has 0 radical (unpaired) electrons. The quantitative estimate of drug-likeness (QED) is 0.431. The van der Waals surface area contributed by atoms with Crippen molar-refractivity contribution < 1.29 is 23.8 Å². The number of benzene rings is 1. The summed E-state index contributed by atoms with van der Waals surface area (Å²) in [6.45, 7) is 4.53. The fourth-order valence-electron chi connectivity index (χ4n) is 2.49. The monoisotopic (exact) mass is 347 g/mol. The van der Waals surface area contributed by atoms with Crippen LogP contribution in [0.3, 0.4) is 0 Å². The zero-order chi connectivity index (χ0) is 17.9. The second kappa shape index (κ2) is 10.5. The van der Waals surface area contributed by atoms with Crippen molar-refractivity contribution in [1.29, 1.82) is 0 Å².